The van der Waals surface area contributed by atoms with Gasteiger partial charge in [-0.3, -0.25) is 9.69 Å². The lowest BCUT2D eigenvalue weighted by Crippen LogP contribution is -2.32. The molecule has 0 aliphatic heterocycles. The van der Waals surface area contributed by atoms with Crippen LogP contribution in [0.25, 0.3) is 0 Å². The summed E-state index contributed by atoms with van der Waals surface area (Å²) in [6.45, 7) is 3.52. The molecule has 27 heavy (non-hydrogen) atoms. The highest BCUT2D eigenvalue weighted by molar-refractivity contribution is 6.32. The van der Waals surface area contributed by atoms with Crippen LogP contribution in [0.2, 0.25) is 5.02 Å². The lowest BCUT2D eigenvalue weighted by atomic mass is 10.2. The molecule has 0 atom stereocenters. The molecule has 0 aliphatic carbocycles. The maximum atomic E-state index is 12.4. The normalized spacial score (nSPS) is 10.4. The van der Waals surface area contributed by atoms with E-state index in [2.05, 4.69) is 5.32 Å². The Balaban J connectivity index is 2.01. The third-order valence-corrected chi connectivity index (χ3v) is 4.35. The summed E-state index contributed by atoms with van der Waals surface area (Å²) in [7, 11) is 3.19. The lowest BCUT2D eigenvalue weighted by molar-refractivity contribution is -0.117. The fourth-order valence-corrected chi connectivity index (χ4v) is 2.83. The van der Waals surface area contributed by atoms with Crippen LogP contribution in [-0.2, 0) is 11.3 Å². The molecule has 0 bridgehead atoms. The Bertz CT molecular complexity index is 849. The first-order valence-corrected chi connectivity index (χ1v) is 8.81. The van der Waals surface area contributed by atoms with Gasteiger partial charge in [-0.25, -0.2) is 0 Å². The first-order valence-electron chi connectivity index (χ1n) is 8.43. The van der Waals surface area contributed by atoms with Gasteiger partial charge in [-0.05, 0) is 42.4 Å². The number of hydrogen-bond donors (Lipinski definition) is 1. The second kappa shape index (κ2) is 9.81. The molecule has 0 fully saturated rings. The van der Waals surface area contributed by atoms with Crippen LogP contribution < -0.4 is 14.8 Å². The van der Waals surface area contributed by atoms with E-state index >= 15 is 0 Å². The van der Waals surface area contributed by atoms with Gasteiger partial charge in [0.25, 0.3) is 0 Å². The molecule has 2 aromatic carbocycles. The van der Waals surface area contributed by atoms with E-state index in [-0.39, 0.29) is 12.5 Å². The van der Waals surface area contributed by atoms with E-state index in [0.29, 0.717) is 40.9 Å². The molecule has 0 saturated carbocycles. The molecule has 0 aromatic heterocycles. The molecule has 0 radical (unpaired) electrons. The molecular weight excluding hydrogens is 366 g/mol. The van der Waals surface area contributed by atoms with Gasteiger partial charge >= 0.3 is 0 Å². The third-order valence-electron chi connectivity index (χ3n) is 4.04. The summed E-state index contributed by atoms with van der Waals surface area (Å²) in [5.41, 5.74) is 1.95. The highest BCUT2D eigenvalue weighted by Gasteiger charge is 2.12. The van der Waals surface area contributed by atoms with Crippen LogP contribution in [0.5, 0.6) is 11.5 Å². The fraction of sp³-hybridized carbons (Fsp3) is 0.300. The molecule has 7 heteroatoms. The second-order valence-corrected chi connectivity index (χ2v) is 6.25. The molecule has 0 aliphatic rings. The summed E-state index contributed by atoms with van der Waals surface area (Å²) in [6, 6.07) is 12.5. The predicted octanol–water partition coefficient (Wildman–Crippen LogP) is 3.69. The zero-order valence-electron chi connectivity index (χ0n) is 15.6. The molecule has 142 valence electrons. The SMILES string of the molecule is CCN(CC(=O)Nc1ccc(C#N)c(Cl)c1)Cc1ccc(OC)c(OC)c1. The zero-order chi connectivity index (χ0) is 19.8. The Morgan fingerprint density at radius 2 is 1.93 bits per heavy atom. The summed E-state index contributed by atoms with van der Waals surface area (Å²) in [5, 5.41) is 12.0. The second-order valence-electron chi connectivity index (χ2n) is 5.85. The molecule has 6 nitrogen and oxygen atoms in total. The number of carbonyl (C=O) groups excluding carboxylic acids is 1. The number of nitrogens with zero attached hydrogens (tertiary/aromatic N) is 2. The van der Waals surface area contributed by atoms with Crippen molar-refractivity contribution < 1.29 is 14.3 Å². The number of rotatable bonds is 8. The number of halogens is 1. The van der Waals surface area contributed by atoms with E-state index in [1.54, 1.807) is 32.4 Å². The van der Waals surface area contributed by atoms with E-state index in [4.69, 9.17) is 26.3 Å². The average molecular weight is 388 g/mol. The van der Waals surface area contributed by atoms with Gasteiger partial charge in [0.2, 0.25) is 5.91 Å². The first-order chi connectivity index (χ1) is 13.0. The van der Waals surface area contributed by atoms with Crippen LogP contribution in [0, 0.1) is 11.3 Å². The smallest absolute Gasteiger partial charge is 0.238 e. The van der Waals surface area contributed by atoms with Gasteiger partial charge in [0.15, 0.2) is 11.5 Å². The zero-order valence-corrected chi connectivity index (χ0v) is 16.3. The molecule has 0 heterocycles. The molecule has 2 aromatic rings. The van der Waals surface area contributed by atoms with Crippen molar-refractivity contribution >= 4 is 23.2 Å². The van der Waals surface area contributed by atoms with Crippen LogP contribution in [0.15, 0.2) is 36.4 Å². The van der Waals surface area contributed by atoms with Crippen LogP contribution in [0.3, 0.4) is 0 Å². The van der Waals surface area contributed by atoms with E-state index < -0.39 is 0 Å². The lowest BCUT2D eigenvalue weighted by Gasteiger charge is -2.20. The van der Waals surface area contributed by atoms with E-state index in [0.717, 1.165) is 5.56 Å². The van der Waals surface area contributed by atoms with Crippen molar-refractivity contribution in [3.63, 3.8) is 0 Å². The molecule has 0 saturated heterocycles. The van der Waals surface area contributed by atoms with Gasteiger partial charge < -0.3 is 14.8 Å². The van der Waals surface area contributed by atoms with Crippen LogP contribution >= 0.6 is 11.6 Å². The summed E-state index contributed by atoms with van der Waals surface area (Å²) in [4.78, 5) is 14.4. The van der Waals surface area contributed by atoms with Crippen molar-refractivity contribution in [3.8, 4) is 17.6 Å². The monoisotopic (exact) mass is 387 g/mol. The minimum atomic E-state index is -0.155. The summed E-state index contributed by atoms with van der Waals surface area (Å²) >= 11 is 6.00. The van der Waals surface area contributed by atoms with E-state index in [9.17, 15) is 4.79 Å². The van der Waals surface area contributed by atoms with Crippen molar-refractivity contribution in [1.82, 2.24) is 4.90 Å². The first kappa shape index (κ1) is 20.6. The Morgan fingerprint density at radius 1 is 1.19 bits per heavy atom. The van der Waals surface area contributed by atoms with Gasteiger partial charge in [-0.1, -0.05) is 24.6 Å². The molecule has 2 rings (SSSR count). The summed E-state index contributed by atoms with van der Waals surface area (Å²) in [5.74, 6) is 1.17. The number of nitriles is 1. The molecular formula is C20H22ClN3O3. The number of benzene rings is 2. The molecule has 1 N–H and O–H groups in total. The maximum absolute atomic E-state index is 12.4. The predicted molar refractivity (Wildman–Crippen MR) is 105 cm³/mol. The number of ether oxygens (including phenoxy) is 2. The Morgan fingerprint density at radius 3 is 2.52 bits per heavy atom. The minimum absolute atomic E-state index is 0.155. The maximum Gasteiger partial charge on any atom is 0.238 e. The van der Waals surface area contributed by atoms with Gasteiger partial charge in [-0.2, -0.15) is 5.26 Å². The number of carbonyl (C=O) groups is 1. The quantitative estimate of drug-likeness (QED) is 0.747. The number of hydrogen-bond acceptors (Lipinski definition) is 5. The van der Waals surface area contributed by atoms with Crippen molar-refractivity contribution in [3.05, 3.63) is 52.5 Å². The summed E-state index contributed by atoms with van der Waals surface area (Å²) in [6.07, 6.45) is 0. The van der Waals surface area contributed by atoms with Crippen LogP contribution in [0.4, 0.5) is 5.69 Å². The third kappa shape index (κ3) is 5.61. The van der Waals surface area contributed by atoms with E-state index in [1.807, 2.05) is 36.1 Å². The number of anilines is 1. The van der Waals surface area contributed by atoms with Gasteiger partial charge in [0, 0.05) is 12.2 Å². The minimum Gasteiger partial charge on any atom is -0.493 e. The van der Waals surface area contributed by atoms with Gasteiger partial charge in [-0.15, -0.1) is 0 Å². The average Bonchev–Trinajstić information content (AvgIpc) is 2.67. The molecule has 0 spiro atoms. The van der Waals surface area contributed by atoms with Gasteiger partial charge in [0.05, 0.1) is 31.4 Å². The van der Waals surface area contributed by atoms with Crippen molar-refractivity contribution in [2.24, 2.45) is 0 Å². The number of nitrogens with one attached hydrogen (secondary N) is 1. The largest absolute Gasteiger partial charge is 0.493 e. The highest BCUT2D eigenvalue weighted by Crippen LogP contribution is 2.28. The Hall–Kier alpha value is -2.75. The highest BCUT2D eigenvalue weighted by atomic mass is 35.5. The van der Waals surface area contributed by atoms with Crippen molar-refractivity contribution in [1.29, 1.82) is 5.26 Å². The van der Waals surface area contributed by atoms with Crippen LogP contribution in [-0.4, -0.2) is 38.1 Å². The number of amides is 1. The van der Waals surface area contributed by atoms with Crippen LogP contribution in [0.1, 0.15) is 18.1 Å². The van der Waals surface area contributed by atoms with E-state index in [1.165, 1.54) is 0 Å². The molecule has 0 unspecified atom stereocenters. The van der Waals surface area contributed by atoms with Crippen molar-refractivity contribution in [2.45, 2.75) is 13.5 Å². The molecule has 1 amide bonds. The van der Waals surface area contributed by atoms with Crippen molar-refractivity contribution in [2.75, 3.05) is 32.6 Å². The standard InChI is InChI=1S/C20H22ClN3O3/c1-4-24(12-14-5-8-18(26-2)19(9-14)27-3)13-20(25)23-16-7-6-15(11-22)17(21)10-16/h5-10H,4,12-13H2,1-3H3,(H,23,25). The van der Waals surface area contributed by atoms with Gasteiger partial charge in [0.1, 0.15) is 6.07 Å². The topological polar surface area (TPSA) is 74.6 Å². The Kier molecular flexibility index (Phi) is 7.47. The number of methoxy groups -OCH3 is 2. The fourth-order valence-electron chi connectivity index (χ4n) is 2.60. The Labute approximate surface area is 164 Å². The number of likely N-dealkylation sites (N-methyl/N-ethyl adjacent to an activating group) is 1. The summed E-state index contributed by atoms with van der Waals surface area (Å²) < 4.78 is 10.6.